The molecule has 0 unspecified atom stereocenters. The molecule has 4 rings (SSSR count). The lowest BCUT2D eigenvalue weighted by Crippen LogP contribution is -2.38. The van der Waals surface area contributed by atoms with Gasteiger partial charge in [-0.1, -0.05) is 29.3 Å². The summed E-state index contributed by atoms with van der Waals surface area (Å²) in [7, 11) is 0. The average molecular weight is 378 g/mol. The number of anilines is 1. The van der Waals surface area contributed by atoms with Crippen LogP contribution in [0.5, 0.6) is 11.5 Å². The number of hydrogen-bond acceptors (Lipinski definition) is 5. The number of carbonyl (C=O) groups is 1. The molecule has 1 amide bonds. The number of guanidine groups is 1. The molecule has 2 aromatic rings. The van der Waals surface area contributed by atoms with E-state index in [9.17, 15) is 4.79 Å². The Balaban J connectivity index is 1.58. The van der Waals surface area contributed by atoms with E-state index in [0.717, 1.165) is 0 Å². The number of carbonyl (C=O) groups excluding carboxylic acids is 1. The SMILES string of the molecule is O=C(c1ccc2c(c1)OCO2)N1CCN=C1Nc1c(Cl)cccc1Cl. The molecule has 8 heteroatoms. The molecule has 0 spiro atoms. The van der Waals surface area contributed by atoms with Crippen molar-refractivity contribution < 1.29 is 14.3 Å². The van der Waals surface area contributed by atoms with E-state index in [1.54, 1.807) is 41.3 Å². The maximum absolute atomic E-state index is 12.9. The van der Waals surface area contributed by atoms with Gasteiger partial charge in [0.15, 0.2) is 11.5 Å². The van der Waals surface area contributed by atoms with Gasteiger partial charge >= 0.3 is 0 Å². The molecule has 2 heterocycles. The Morgan fingerprint density at radius 3 is 2.68 bits per heavy atom. The standard InChI is InChI=1S/C17H13Cl2N3O3/c18-11-2-1-3-12(19)15(11)21-17-20-6-7-22(17)16(23)10-4-5-13-14(8-10)25-9-24-13/h1-5,8H,6-7,9H2,(H,20,21). The molecule has 2 aliphatic rings. The van der Waals surface area contributed by atoms with Gasteiger partial charge in [0, 0.05) is 12.1 Å². The van der Waals surface area contributed by atoms with Crippen molar-refractivity contribution in [3.63, 3.8) is 0 Å². The fourth-order valence-electron chi connectivity index (χ4n) is 2.67. The Labute approximate surface area is 154 Å². The van der Waals surface area contributed by atoms with Crippen molar-refractivity contribution in [2.24, 2.45) is 4.99 Å². The van der Waals surface area contributed by atoms with Crippen molar-refractivity contribution in [3.8, 4) is 11.5 Å². The van der Waals surface area contributed by atoms with Crippen molar-refractivity contribution >= 4 is 40.8 Å². The van der Waals surface area contributed by atoms with Gasteiger partial charge in [-0.3, -0.25) is 14.7 Å². The first-order chi connectivity index (χ1) is 12.1. The van der Waals surface area contributed by atoms with Gasteiger partial charge in [-0.05, 0) is 30.3 Å². The zero-order valence-corrected chi connectivity index (χ0v) is 14.5. The third-order valence-corrected chi connectivity index (χ3v) is 4.54. The molecule has 0 fully saturated rings. The highest BCUT2D eigenvalue weighted by Gasteiger charge is 2.27. The van der Waals surface area contributed by atoms with Crippen LogP contribution < -0.4 is 14.8 Å². The van der Waals surface area contributed by atoms with Crippen LogP contribution in [-0.4, -0.2) is 36.6 Å². The minimum Gasteiger partial charge on any atom is -0.454 e. The first-order valence-corrected chi connectivity index (χ1v) is 8.36. The minimum atomic E-state index is -0.190. The molecule has 0 atom stereocenters. The summed E-state index contributed by atoms with van der Waals surface area (Å²) in [6.07, 6.45) is 0. The van der Waals surface area contributed by atoms with Gasteiger partial charge in [0.05, 0.1) is 22.3 Å². The second kappa shape index (κ2) is 6.46. The number of halogens is 2. The van der Waals surface area contributed by atoms with Gasteiger partial charge in [0.2, 0.25) is 12.8 Å². The second-order valence-electron chi connectivity index (χ2n) is 5.45. The number of aliphatic imine (C=N–C) groups is 1. The maximum atomic E-state index is 12.9. The van der Waals surface area contributed by atoms with Gasteiger partial charge < -0.3 is 14.8 Å². The van der Waals surface area contributed by atoms with Gasteiger partial charge in [-0.15, -0.1) is 0 Å². The molecule has 2 aliphatic heterocycles. The summed E-state index contributed by atoms with van der Waals surface area (Å²) in [6, 6.07) is 10.3. The van der Waals surface area contributed by atoms with Crippen LogP contribution in [0.1, 0.15) is 10.4 Å². The van der Waals surface area contributed by atoms with Gasteiger partial charge in [0.1, 0.15) is 0 Å². The Bertz CT molecular complexity index is 865. The highest BCUT2D eigenvalue weighted by atomic mass is 35.5. The third kappa shape index (κ3) is 2.99. The minimum absolute atomic E-state index is 0.163. The molecule has 0 saturated carbocycles. The summed E-state index contributed by atoms with van der Waals surface area (Å²) < 4.78 is 10.6. The number of nitrogens with zero attached hydrogens (tertiary/aromatic N) is 2. The topological polar surface area (TPSA) is 63.2 Å². The van der Waals surface area contributed by atoms with Gasteiger partial charge in [-0.25, -0.2) is 0 Å². The predicted octanol–water partition coefficient (Wildman–Crippen LogP) is 3.65. The highest BCUT2D eigenvalue weighted by molar-refractivity contribution is 6.40. The number of fused-ring (bicyclic) bond motifs is 1. The molecular formula is C17H13Cl2N3O3. The van der Waals surface area contributed by atoms with E-state index in [4.69, 9.17) is 32.7 Å². The Kier molecular flexibility index (Phi) is 4.15. The van der Waals surface area contributed by atoms with Crippen LogP contribution in [0.3, 0.4) is 0 Å². The van der Waals surface area contributed by atoms with Crippen LogP contribution in [-0.2, 0) is 0 Å². The normalized spacial score (nSPS) is 15.3. The molecule has 0 radical (unpaired) electrons. The first-order valence-electron chi connectivity index (χ1n) is 7.60. The monoisotopic (exact) mass is 377 g/mol. The van der Waals surface area contributed by atoms with E-state index in [1.807, 2.05) is 0 Å². The van der Waals surface area contributed by atoms with E-state index in [1.165, 1.54) is 0 Å². The molecular weight excluding hydrogens is 365 g/mol. The Morgan fingerprint density at radius 1 is 1.12 bits per heavy atom. The summed E-state index contributed by atoms with van der Waals surface area (Å²) in [5.74, 6) is 1.42. The number of ether oxygens (including phenoxy) is 2. The molecule has 0 aliphatic carbocycles. The molecule has 2 aromatic carbocycles. The molecule has 0 aromatic heterocycles. The molecule has 0 bridgehead atoms. The van der Waals surface area contributed by atoms with Crippen LogP contribution in [0.4, 0.5) is 5.69 Å². The summed E-state index contributed by atoms with van der Waals surface area (Å²) in [5, 5.41) is 3.98. The van der Waals surface area contributed by atoms with E-state index in [0.29, 0.717) is 51.8 Å². The fourth-order valence-corrected chi connectivity index (χ4v) is 3.16. The molecule has 0 saturated heterocycles. The number of rotatable bonds is 2. The smallest absolute Gasteiger partial charge is 0.260 e. The lowest BCUT2D eigenvalue weighted by Gasteiger charge is -2.20. The quantitative estimate of drug-likeness (QED) is 0.867. The predicted molar refractivity (Wildman–Crippen MR) is 96.0 cm³/mol. The summed E-state index contributed by atoms with van der Waals surface area (Å²) in [4.78, 5) is 18.8. The van der Waals surface area contributed by atoms with E-state index in [2.05, 4.69) is 10.3 Å². The first kappa shape index (κ1) is 16.1. The van der Waals surface area contributed by atoms with Crippen LogP contribution in [0.15, 0.2) is 41.4 Å². The molecule has 1 N–H and O–H groups in total. The average Bonchev–Trinajstić information content (AvgIpc) is 3.26. The van der Waals surface area contributed by atoms with E-state index < -0.39 is 0 Å². The lowest BCUT2D eigenvalue weighted by atomic mass is 10.2. The zero-order valence-electron chi connectivity index (χ0n) is 13.0. The number of amides is 1. The summed E-state index contributed by atoms with van der Waals surface area (Å²) in [6.45, 7) is 1.13. The van der Waals surface area contributed by atoms with Crippen molar-refractivity contribution in [2.75, 3.05) is 25.2 Å². The number of benzene rings is 2. The van der Waals surface area contributed by atoms with E-state index in [-0.39, 0.29) is 12.7 Å². The number of para-hydroxylation sites is 1. The molecule has 6 nitrogen and oxygen atoms in total. The number of hydrogen-bond donors (Lipinski definition) is 1. The van der Waals surface area contributed by atoms with Gasteiger partial charge in [0.25, 0.3) is 5.91 Å². The molecule has 25 heavy (non-hydrogen) atoms. The van der Waals surface area contributed by atoms with Crippen molar-refractivity contribution in [1.29, 1.82) is 0 Å². The second-order valence-corrected chi connectivity index (χ2v) is 6.27. The highest BCUT2D eigenvalue weighted by Crippen LogP contribution is 2.33. The number of nitrogens with one attached hydrogen (secondary N) is 1. The van der Waals surface area contributed by atoms with Crippen molar-refractivity contribution in [1.82, 2.24) is 4.90 Å². The van der Waals surface area contributed by atoms with Gasteiger partial charge in [-0.2, -0.15) is 0 Å². The zero-order chi connectivity index (χ0) is 17.4. The Morgan fingerprint density at radius 2 is 1.88 bits per heavy atom. The van der Waals surface area contributed by atoms with Crippen LogP contribution in [0.25, 0.3) is 0 Å². The lowest BCUT2D eigenvalue weighted by molar-refractivity contribution is 0.0857. The third-order valence-electron chi connectivity index (χ3n) is 3.91. The maximum Gasteiger partial charge on any atom is 0.260 e. The fraction of sp³-hybridized carbons (Fsp3) is 0.176. The Hall–Kier alpha value is -2.44. The van der Waals surface area contributed by atoms with Crippen LogP contribution >= 0.6 is 23.2 Å². The largest absolute Gasteiger partial charge is 0.454 e. The van der Waals surface area contributed by atoms with Crippen LogP contribution in [0, 0.1) is 0 Å². The van der Waals surface area contributed by atoms with Crippen LogP contribution in [0.2, 0.25) is 10.0 Å². The summed E-state index contributed by atoms with van der Waals surface area (Å²) in [5.41, 5.74) is 1.01. The van der Waals surface area contributed by atoms with Crippen molar-refractivity contribution in [2.45, 2.75) is 0 Å². The van der Waals surface area contributed by atoms with Crippen molar-refractivity contribution in [3.05, 3.63) is 52.0 Å². The van der Waals surface area contributed by atoms with E-state index >= 15 is 0 Å². The molecule has 128 valence electrons. The summed E-state index contributed by atoms with van der Waals surface area (Å²) >= 11 is 12.4.